The third-order valence-electron chi connectivity index (χ3n) is 3.68. The van der Waals surface area contributed by atoms with Gasteiger partial charge in [-0.15, -0.1) is 0 Å². The van der Waals surface area contributed by atoms with Crippen LogP contribution in [0.2, 0.25) is 0 Å². The van der Waals surface area contributed by atoms with Crippen LogP contribution < -0.4 is 10.3 Å². The van der Waals surface area contributed by atoms with Gasteiger partial charge in [0, 0.05) is 31.2 Å². The van der Waals surface area contributed by atoms with Gasteiger partial charge in [0.05, 0.1) is 12.3 Å². The van der Waals surface area contributed by atoms with Crippen molar-refractivity contribution in [3.8, 4) is 5.75 Å². The lowest BCUT2D eigenvalue weighted by Crippen LogP contribution is -2.25. The molecule has 1 heterocycles. The fraction of sp³-hybridized carbons (Fsp3) is 0.263. The van der Waals surface area contributed by atoms with Crippen molar-refractivity contribution in [3.05, 3.63) is 74.1 Å². The Morgan fingerprint density at radius 3 is 2.64 bits per heavy atom. The summed E-state index contributed by atoms with van der Waals surface area (Å²) in [5.41, 5.74) is 0.00674. The van der Waals surface area contributed by atoms with Gasteiger partial charge >= 0.3 is 5.97 Å². The highest BCUT2D eigenvalue weighted by molar-refractivity contribution is 9.10. The molecule has 0 aliphatic carbocycles. The number of pyridine rings is 1. The first-order chi connectivity index (χ1) is 13.3. The van der Waals surface area contributed by atoms with E-state index in [4.69, 9.17) is 14.6 Å². The van der Waals surface area contributed by atoms with E-state index in [0.717, 1.165) is 12.1 Å². The summed E-state index contributed by atoms with van der Waals surface area (Å²) < 4.78 is 38.7. The van der Waals surface area contributed by atoms with Crippen LogP contribution in [-0.4, -0.2) is 22.2 Å². The maximum Gasteiger partial charge on any atom is 0.303 e. The van der Waals surface area contributed by atoms with Crippen molar-refractivity contribution in [2.75, 3.05) is 6.61 Å². The average molecular weight is 458 g/mol. The van der Waals surface area contributed by atoms with E-state index >= 15 is 0 Å². The SMILES string of the molecule is CC(=O)OCc1cc(OCc2ccc(F)cc2F)c(Br)c(=O)n1CC=CCO. The Morgan fingerprint density at radius 2 is 2.00 bits per heavy atom. The summed E-state index contributed by atoms with van der Waals surface area (Å²) in [6.45, 7) is 0.792. The molecule has 6 nitrogen and oxygen atoms in total. The van der Waals surface area contributed by atoms with Crippen molar-refractivity contribution < 1.29 is 28.2 Å². The molecule has 1 aromatic heterocycles. The number of aromatic nitrogens is 1. The van der Waals surface area contributed by atoms with Crippen molar-refractivity contribution in [1.82, 2.24) is 4.57 Å². The van der Waals surface area contributed by atoms with Crippen LogP contribution in [0.3, 0.4) is 0 Å². The number of halogens is 3. The Bertz CT molecular complexity index is 943. The molecule has 1 N–H and O–H groups in total. The quantitative estimate of drug-likeness (QED) is 0.486. The minimum atomic E-state index is -0.765. The molecule has 1 aromatic carbocycles. The van der Waals surface area contributed by atoms with Gasteiger partial charge in [0.1, 0.15) is 35.1 Å². The van der Waals surface area contributed by atoms with E-state index < -0.39 is 23.2 Å². The van der Waals surface area contributed by atoms with Gasteiger partial charge in [-0.05, 0) is 28.1 Å². The summed E-state index contributed by atoms with van der Waals surface area (Å²) in [6, 6.07) is 4.58. The number of carbonyl (C=O) groups is 1. The molecule has 9 heteroatoms. The van der Waals surface area contributed by atoms with Gasteiger partial charge in [-0.25, -0.2) is 8.78 Å². The van der Waals surface area contributed by atoms with Crippen molar-refractivity contribution in [2.45, 2.75) is 26.7 Å². The van der Waals surface area contributed by atoms with E-state index in [0.29, 0.717) is 5.69 Å². The first kappa shape index (κ1) is 21.8. The Hall–Kier alpha value is -2.52. The number of aliphatic hydroxyl groups is 1. The molecule has 0 aliphatic heterocycles. The van der Waals surface area contributed by atoms with Crippen LogP contribution in [0.25, 0.3) is 0 Å². The van der Waals surface area contributed by atoms with Gasteiger partial charge in [-0.3, -0.25) is 9.59 Å². The number of allylic oxidation sites excluding steroid dienone is 1. The number of nitrogens with zero attached hydrogens (tertiary/aromatic N) is 1. The summed E-state index contributed by atoms with van der Waals surface area (Å²) in [6.07, 6.45) is 3.05. The monoisotopic (exact) mass is 457 g/mol. The average Bonchev–Trinajstić information content (AvgIpc) is 2.64. The second kappa shape index (κ2) is 10.1. The van der Waals surface area contributed by atoms with Crippen LogP contribution in [0.5, 0.6) is 5.75 Å². The van der Waals surface area contributed by atoms with Crippen molar-refractivity contribution in [3.63, 3.8) is 0 Å². The molecule has 0 saturated heterocycles. The molecule has 0 radical (unpaired) electrons. The highest BCUT2D eigenvalue weighted by Crippen LogP contribution is 2.25. The molecule has 2 rings (SSSR count). The summed E-state index contributed by atoms with van der Waals surface area (Å²) in [5.74, 6) is -1.87. The first-order valence-electron chi connectivity index (χ1n) is 8.21. The fourth-order valence-electron chi connectivity index (χ4n) is 2.30. The zero-order valence-corrected chi connectivity index (χ0v) is 16.5. The van der Waals surface area contributed by atoms with E-state index in [1.165, 1.54) is 29.7 Å². The van der Waals surface area contributed by atoms with Crippen LogP contribution in [-0.2, 0) is 29.3 Å². The Morgan fingerprint density at radius 1 is 1.25 bits per heavy atom. The summed E-state index contributed by atoms with van der Waals surface area (Å²) >= 11 is 3.16. The second-order valence-electron chi connectivity index (χ2n) is 5.69. The summed E-state index contributed by atoms with van der Waals surface area (Å²) in [4.78, 5) is 23.8. The summed E-state index contributed by atoms with van der Waals surface area (Å²) in [7, 11) is 0. The highest BCUT2D eigenvalue weighted by atomic mass is 79.9. The lowest BCUT2D eigenvalue weighted by Gasteiger charge is -2.16. The first-order valence-corrected chi connectivity index (χ1v) is 9.01. The molecule has 0 spiro atoms. The number of benzene rings is 1. The van der Waals surface area contributed by atoms with E-state index in [1.807, 2.05) is 0 Å². The number of hydrogen-bond donors (Lipinski definition) is 1. The topological polar surface area (TPSA) is 77.8 Å². The molecule has 0 saturated carbocycles. The molecule has 28 heavy (non-hydrogen) atoms. The number of esters is 1. The molecule has 0 atom stereocenters. The number of rotatable bonds is 8. The van der Waals surface area contributed by atoms with Gasteiger partial charge in [0.2, 0.25) is 0 Å². The maximum atomic E-state index is 13.8. The smallest absolute Gasteiger partial charge is 0.303 e. The van der Waals surface area contributed by atoms with Gasteiger partial charge in [-0.2, -0.15) is 0 Å². The maximum absolute atomic E-state index is 13.8. The minimum absolute atomic E-state index is 0.0963. The van der Waals surface area contributed by atoms with E-state index in [-0.39, 0.29) is 42.2 Å². The second-order valence-corrected chi connectivity index (χ2v) is 6.48. The zero-order valence-electron chi connectivity index (χ0n) is 15.0. The molecule has 0 bridgehead atoms. The number of aliphatic hydroxyl groups excluding tert-OH is 1. The number of ether oxygens (including phenoxy) is 2. The largest absolute Gasteiger partial charge is 0.487 e. The molecule has 150 valence electrons. The highest BCUT2D eigenvalue weighted by Gasteiger charge is 2.15. The van der Waals surface area contributed by atoms with E-state index in [9.17, 15) is 18.4 Å². The third-order valence-corrected chi connectivity index (χ3v) is 4.41. The van der Waals surface area contributed by atoms with Gasteiger partial charge in [0.15, 0.2) is 0 Å². The van der Waals surface area contributed by atoms with Crippen molar-refractivity contribution >= 4 is 21.9 Å². The lowest BCUT2D eigenvalue weighted by molar-refractivity contribution is -0.142. The fourth-order valence-corrected chi connectivity index (χ4v) is 2.74. The minimum Gasteiger partial charge on any atom is -0.487 e. The van der Waals surface area contributed by atoms with Crippen molar-refractivity contribution in [1.29, 1.82) is 0 Å². The van der Waals surface area contributed by atoms with E-state index in [2.05, 4.69) is 15.9 Å². The standard InChI is InChI=1S/C19H18BrF2NO5/c1-12(25)27-11-15-9-17(18(20)19(26)23(15)6-2-3-7-24)28-10-13-4-5-14(21)8-16(13)22/h2-5,8-9,24H,6-7,10-11H2,1H3. The lowest BCUT2D eigenvalue weighted by atomic mass is 10.2. The molecule has 0 amide bonds. The number of carbonyl (C=O) groups excluding carboxylic acids is 1. The molecular formula is C19H18BrF2NO5. The molecule has 0 unspecified atom stereocenters. The van der Waals surface area contributed by atoms with Crippen LogP contribution in [0.15, 0.2) is 45.7 Å². The van der Waals surface area contributed by atoms with Crippen LogP contribution in [0.4, 0.5) is 8.78 Å². The molecule has 0 fully saturated rings. The Labute approximate surface area is 168 Å². The molecular weight excluding hydrogens is 440 g/mol. The normalized spacial score (nSPS) is 11.0. The van der Waals surface area contributed by atoms with Crippen LogP contribution >= 0.6 is 15.9 Å². The van der Waals surface area contributed by atoms with E-state index in [1.54, 1.807) is 6.08 Å². The van der Waals surface area contributed by atoms with Crippen LogP contribution in [0.1, 0.15) is 18.2 Å². The van der Waals surface area contributed by atoms with Gasteiger partial charge < -0.3 is 19.1 Å². The summed E-state index contributed by atoms with van der Waals surface area (Å²) in [5, 5.41) is 8.85. The Balaban J connectivity index is 2.33. The number of hydrogen-bond acceptors (Lipinski definition) is 5. The third kappa shape index (κ3) is 5.74. The Kier molecular flexibility index (Phi) is 7.89. The predicted octanol–water partition coefficient (Wildman–Crippen LogP) is 3.08. The molecule has 2 aromatic rings. The zero-order chi connectivity index (χ0) is 20.7. The predicted molar refractivity (Wildman–Crippen MR) is 101 cm³/mol. The van der Waals surface area contributed by atoms with Crippen molar-refractivity contribution in [2.24, 2.45) is 0 Å². The molecule has 0 aliphatic rings. The van der Waals surface area contributed by atoms with Gasteiger partial charge in [-0.1, -0.05) is 12.2 Å². The van der Waals surface area contributed by atoms with Crippen LogP contribution in [0, 0.1) is 11.6 Å². The van der Waals surface area contributed by atoms with Gasteiger partial charge in [0.25, 0.3) is 5.56 Å².